The number of nitrogens with one attached hydrogen (secondary N) is 1. The van der Waals surface area contributed by atoms with E-state index in [4.69, 9.17) is 0 Å². The highest BCUT2D eigenvalue weighted by atomic mass is 32.2. The minimum Gasteiger partial charge on any atom is -0.331 e. The van der Waals surface area contributed by atoms with Crippen LogP contribution in [0.1, 0.15) is 36.7 Å². The molecule has 126 valence electrons. The van der Waals surface area contributed by atoms with Gasteiger partial charge in [0.2, 0.25) is 0 Å². The lowest BCUT2D eigenvalue weighted by molar-refractivity contribution is 0.188. The van der Waals surface area contributed by atoms with Crippen molar-refractivity contribution in [3.63, 3.8) is 0 Å². The summed E-state index contributed by atoms with van der Waals surface area (Å²) in [7, 11) is 1.75. The second-order valence-electron chi connectivity index (χ2n) is 5.86. The van der Waals surface area contributed by atoms with Crippen LogP contribution in [0.5, 0.6) is 0 Å². The van der Waals surface area contributed by atoms with Gasteiger partial charge in [-0.05, 0) is 49.2 Å². The molecule has 0 saturated heterocycles. The van der Waals surface area contributed by atoms with E-state index in [1.165, 1.54) is 12.1 Å². The van der Waals surface area contributed by atoms with Gasteiger partial charge in [-0.25, -0.2) is 9.18 Å². The minimum atomic E-state index is -0.272. The molecule has 2 aromatic rings. The van der Waals surface area contributed by atoms with Gasteiger partial charge < -0.3 is 10.2 Å². The van der Waals surface area contributed by atoms with Crippen molar-refractivity contribution in [3.05, 3.63) is 59.7 Å². The maximum atomic E-state index is 13.6. The number of hydrogen-bond acceptors (Lipinski definition) is 3. The Kier molecular flexibility index (Phi) is 5.04. The van der Waals surface area contributed by atoms with E-state index in [1.54, 1.807) is 36.0 Å². The number of fused-ring (bicyclic) bond motifs is 1. The van der Waals surface area contributed by atoms with Gasteiger partial charge in [-0.3, -0.25) is 4.98 Å². The molecule has 2 heterocycles. The standard InChI is InChI=1S/C18H20FN3OS/c1-12(15-5-3-4-9-20-15)22(2)18(23)21-16-8-10-24-17-7-6-13(19)11-14(16)17/h3-7,9,11-12,16H,8,10H2,1-2H3,(H,21,23). The number of carbonyl (C=O) groups excluding carboxylic acids is 1. The molecule has 4 nitrogen and oxygen atoms in total. The minimum absolute atomic E-state index is 0.142. The Labute approximate surface area is 145 Å². The lowest BCUT2D eigenvalue weighted by Gasteiger charge is -2.30. The Bertz CT molecular complexity index is 725. The fourth-order valence-electron chi connectivity index (χ4n) is 2.76. The fourth-order valence-corrected chi connectivity index (χ4v) is 3.87. The summed E-state index contributed by atoms with van der Waals surface area (Å²) in [5.41, 5.74) is 1.69. The summed E-state index contributed by atoms with van der Waals surface area (Å²) in [4.78, 5) is 19.6. The molecule has 24 heavy (non-hydrogen) atoms. The molecular weight excluding hydrogens is 325 g/mol. The Morgan fingerprint density at radius 3 is 3.00 bits per heavy atom. The van der Waals surface area contributed by atoms with Crippen LogP contribution < -0.4 is 5.32 Å². The number of pyridine rings is 1. The topological polar surface area (TPSA) is 45.2 Å². The number of benzene rings is 1. The molecular formula is C18H20FN3OS. The number of urea groups is 1. The van der Waals surface area contributed by atoms with Gasteiger partial charge in [-0.2, -0.15) is 0 Å². The zero-order valence-corrected chi connectivity index (χ0v) is 14.5. The van der Waals surface area contributed by atoms with Crippen molar-refractivity contribution < 1.29 is 9.18 Å². The number of aromatic nitrogens is 1. The highest BCUT2D eigenvalue weighted by Crippen LogP contribution is 2.36. The Morgan fingerprint density at radius 2 is 2.25 bits per heavy atom. The predicted molar refractivity (Wildman–Crippen MR) is 93.4 cm³/mol. The molecule has 1 aliphatic heterocycles. The predicted octanol–water partition coefficient (Wildman–Crippen LogP) is 4.16. The zero-order chi connectivity index (χ0) is 17.1. The first kappa shape index (κ1) is 16.8. The smallest absolute Gasteiger partial charge is 0.318 e. The van der Waals surface area contributed by atoms with Gasteiger partial charge in [0.1, 0.15) is 5.82 Å². The third-order valence-corrected chi connectivity index (χ3v) is 5.45. The molecule has 6 heteroatoms. The summed E-state index contributed by atoms with van der Waals surface area (Å²) in [5.74, 6) is 0.633. The molecule has 1 aliphatic rings. The largest absolute Gasteiger partial charge is 0.331 e. The van der Waals surface area contributed by atoms with Crippen molar-refractivity contribution in [1.82, 2.24) is 15.2 Å². The molecule has 2 atom stereocenters. The van der Waals surface area contributed by atoms with Crippen molar-refractivity contribution >= 4 is 17.8 Å². The van der Waals surface area contributed by atoms with E-state index in [1.807, 2.05) is 25.1 Å². The van der Waals surface area contributed by atoms with Crippen LogP contribution in [0, 0.1) is 5.82 Å². The lowest BCUT2D eigenvalue weighted by Crippen LogP contribution is -2.41. The van der Waals surface area contributed by atoms with Crippen LogP contribution >= 0.6 is 11.8 Å². The average Bonchev–Trinajstić information content (AvgIpc) is 2.61. The van der Waals surface area contributed by atoms with E-state index >= 15 is 0 Å². The Morgan fingerprint density at radius 1 is 1.42 bits per heavy atom. The number of halogens is 1. The fraction of sp³-hybridized carbons (Fsp3) is 0.333. The SMILES string of the molecule is CC(c1ccccn1)N(C)C(=O)NC1CCSc2ccc(F)cc21. The molecule has 0 spiro atoms. The number of hydrogen-bond donors (Lipinski definition) is 1. The molecule has 1 aromatic heterocycles. The van der Waals surface area contributed by atoms with E-state index in [-0.39, 0.29) is 23.9 Å². The van der Waals surface area contributed by atoms with Gasteiger partial charge in [0.15, 0.2) is 0 Å². The van der Waals surface area contributed by atoms with E-state index in [0.29, 0.717) is 0 Å². The number of amides is 2. The summed E-state index contributed by atoms with van der Waals surface area (Å²) in [6.07, 6.45) is 2.51. The van der Waals surface area contributed by atoms with Crippen molar-refractivity contribution in [2.24, 2.45) is 0 Å². The quantitative estimate of drug-likeness (QED) is 0.908. The number of carbonyl (C=O) groups is 1. The van der Waals surface area contributed by atoms with Gasteiger partial charge >= 0.3 is 6.03 Å². The van der Waals surface area contributed by atoms with E-state index in [9.17, 15) is 9.18 Å². The number of rotatable bonds is 3. The third kappa shape index (κ3) is 3.53. The van der Waals surface area contributed by atoms with Crippen LogP contribution in [0.4, 0.5) is 9.18 Å². The highest BCUT2D eigenvalue weighted by molar-refractivity contribution is 7.99. The first-order valence-electron chi connectivity index (χ1n) is 7.93. The molecule has 1 N–H and O–H groups in total. The van der Waals surface area contributed by atoms with Crippen molar-refractivity contribution in [2.75, 3.05) is 12.8 Å². The summed E-state index contributed by atoms with van der Waals surface area (Å²) in [6.45, 7) is 1.94. The van der Waals surface area contributed by atoms with Crippen LogP contribution in [0.15, 0.2) is 47.5 Å². The summed E-state index contributed by atoms with van der Waals surface area (Å²) in [6, 6.07) is 9.94. The van der Waals surface area contributed by atoms with Gasteiger partial charge in [0.05, 0.1) is 17.8 Å². The summed E-state index contributed by atoms with van der Waals surface area (Å²) in [5, 5.41) is 3.03. The molecule has 2 amide bonds. The van der Waals surface area contributed by atoms with Crippen LogP contribution in [-0.2, 0) is 0 Å². The molecule has 0 fully saturated rings. The van der Waals surface area contributed by atoms with E-state index in [2.05, 4.69) is 10.3 Å². The van der Waals surface area contributed by atoms with E-state index < -0.39 is 0 Å². The molecule has 0 saturated carbocycles. The molecule has 1 aromatic carbocycles. The monoisotopic (exact) mass is 345 g/mol. The lowest BCUT2D eigenvalue weighted by atomic mass is 10.0. The van der Waals surface area contributed by atoms with Crippen LogP contribution in [0.25, 0.3) is 0 Å². The molecule has 0 radical (unpaired) electrons. The summed E-state index contributed by atoms with van der Waals surface area (Å²) < 4.78 is 13.6. The Balaban J connectivity index is 1.73. The van der Waals surface area contributed by atoms with Crippen molar-refractivity contribution in [1.29, 1.82) is 0 Å². The van der Waals surface area contributed by atoms with Gasteiger partial charge in [0.25, 0.3) is 0 Å². The maximum absolute atomic E-state index is 13.6. The second-order valence-corrected chi connectivity index (χ2v) is 7.00. The van der Waals surface area contributed by atoms with Crippen molar-refractivity contribution in [3.8, 4) is 0 Å². The van der Waals surface area contributed by atoms with Gasteiger partial charge in [-0.1, -0.05) is 6.07 Å². The maximum Gasteiger partial charge on any atom is 0.318 e. The normalized spacial score (nSPS) is 17.7. The first-order chi connectivity index (χ1) is 11.6. The van der Waals surface area contributed by atoms with Crippen LogP contribution in [-0.4, -0.2) is 28.7 Å². The van der Waals surface area contributed by atoms with Crippen LogP contribution in [0.2, 0.25) is 0 Å². The zero-order valence-electron chi connectivity index (χ0n) is 13.7. The summed E-state index contributed by atoms with van der Waals surface area (Å²) >= 11 is 1.70. The molecule has 0 aliphatic carbocycles. The first-order valence-corrected chi connectivity index (χ1v) is 8.91. The number of thioether (sulfide) groups is 1. The van der Waals surface area contributed by atoms with Crippen LogP contribution in [0.3, 0.4) is 0 Å². The van der Waals surface area contributed by atoms with Gasteiger partial charge in [-0.15, -0.1) is 11.8 Å². The highest BCUT2D eigenvalue weighted by Gasteiger charge is 2.26. The molecule has 2 unspecified atom stereocenters. The molecule has 3 rings (SSSR count). The number of nitrogens with zero attached hydrogens (tertiary/aromatic N) is 2. The average molecular weight is 345 g/mol. The van der Waals surface area contributed by atoms with E-state index in [0.717, 1.165) is 28.3 Å². The second kappa shape index (κ2) is 7.21. The molecule has 0 bridgehead atoms. The van der Waals surface area contributed by atoms with Gasteiger partial charge in [0, 0.05) is 23.9 Å². The Hall–Kier alpha value is -2.08. The third-order valence-electron chi connectivity index (χ3n) is 4.33. The van der Waals surface area contributed by atoms with Crippen molar-refractivity contribution in [2.45, 2.75) is 30.3 Å².